The van der Waals surface area contributed by atoms with Gasteiger partial charge >= 0.3 is 11.9 Å². The minimum atomic E-state index is -0.656. The Bertz CT molecular complexity index is 996. The molecule has 1 aliphatic rings. The van der Waals surface area contributed by atoms with Gasteiger partial charge < -0.3 is 19.7 Å². The highest BCUT2D eigenvalue weighted by atomic mass is 32.1. The maximum Gasteiger partial charge on any atom is 0.341 e. The molecular weight excluding hydrogens is 408 g/mol. The molecule has 2 aromatic rings. The summed E-state index contributed by atoms with van der Waals surface area (Å²) in [6, 6.07) is 6.48. The molecule has 1 saturated heterocycles. The van der Waals surface area contributed by atoms with Crippen molar-refractivity contribution in [2.75, 3.05) is 30.5 Å². The summed E-state index contributed by atoms with van der Waals surface area (Å²) < 4.78 is 9.84. The molecule has 0 saturated carbocycles. The smallest absolute Gasteiger partial charge is 0.341 e. The van der Waals surface area contributed by atoms with Gasteiger partial charge in [0.2, 0.25) is 5.91 Å². The third-order valence-corrected chi connectivity index (χ3v) is 5.97. The van der Waals surface area contributed by atoms with E-state index in [1.807, 2.05) is 6.92 Å². The van der Waals surface area contributed by atoms with Crippen LogP contribution in [0.5, 0.6) is 0 Å². The van der Waals surface area contributed by atoms with E-state index in [1.54, 1.807) is 36.1 Å². The molecule has 3 rings (SSSR count). The van der Waals surface area contributed by atoms with Gasteiger partial charge in [-0.3, -0.25) is 9.59 Å². The Kier molecular flexibility index (Phi) is 6.51. The van der Waals surface area contributed by atoms with Crippen molar-refractivity contribution >= 4 is 45.8 Å². The summed E-state index contributed by atoms with van der Waals surface area (Å²) in [5.41, 5.74) is 2.03. The van der Waals surface area contributed by atoms with E-state index in [0.29, 0.717) is 23.5 Å². The Morgan fingerprint density at radius 1 is 1.13 bits per heavy atom. The van der Waals surface area contributed by atoms with E-state index in [4.69, 9.17) is 9.47 Å². The normalized spacial score (nSPS) is 13.3. The molecule has 1 aromatic heterocycles. The van der Waals surface area contributed by atoms with Crippen LogP contribution in [0.2, 0.25) is 0 Å². The lowest BCUT2D eigenvalue weighted by atomic mass is 10.1. The lowest BCUT2D eigenvalue weighted by Gasteiger charge is -2.15. The van der Waals surface area contributed by atoms with Crippen molar-refractivity contribution in [3.63, 3.8) is 0 Å². The van der Waals surface area contributed by atoms with E-state index in [2.05, 4.69) is 5.32 Å². The van der Waals surface area contributed by atoms with Crippen molar-refractivity contribution in [2.24, 2.45) is 0 Å². The Morgan fingerprint density at radius 2 is 1.83 bits per heavy atom. The average molecular weight is 430 g/mol. The van der Waals surface area contributed by atoms with Crippen molar-refractivity contribution in [2.45, 2.75) is 26.7 Å². The van der Waals surface area contributed by atoms with Crippen LogP contribution in [0.3, 0.4) is 0 Å². The summed E-state index contributed by atoms with van der Waals surface area (Å²) in [6.07, 6.45) is 1.35. The van der Waals surface area contributed by atoms with Gasteiger partial charge in [0.1, 0.15) is 5.00 Å². The number of benzene rings is 1. The van der Waals surface area contributed by atoms with Crippen LogP contribution in [-0.4, -0.2) is 44.0 Å². The molecule has 30 heavy (non-hydrogen) atoms. The maximum absolute atomic E-state index is 12.2. The number of aryl methyl sites for hydroxylation is 1. The summed E-state index contributed by atoms with van der Waals surface area (Å²) in [7, 11) is 1.27. The van der Waals surface area contributed by atoms with Gasteiger partial charge in [-0.2, -0.15) is 0 Å². The molecule has 0 bridgehead atoms. The summed E-state index contributed by atoms with van der Waals surface area (Å²) in [6.45, 7) is 3.77. The molecule has 1 aromatic carbocycles. The monoisotopic (exact) mass is 430 g/mol. The number of ether oxygens (including phenoxy) is 2. The van der Waals surface area contributed by atoms with Crippen molar-refractivity contribution in [3.8, 4) is 0 Å². The highest BCUT2D eigenvalue weighted by Gasteiger charge is 2.23. The summed E-state index contributed by atoms with van der Waals surface area (Å²) in [4.78, 5) is 50.7. The molecule has 0 atom stereocenters. The molecule has 9 heteroatoms. The van der Waals surface area contributed by atoms with E-state index in [-0.39, 0.29) is 11.5 Å². The molecule has 0 radical (unpaired) electrons. The first-order chi connectivity index (χ1) is 14.3. The molecule has 0 spiro atoms. The summed E-state index contributed by atoms with van der Waals surface area (Å²) in [5.74, 6) is -1.70. The van der Waals surface area contributed by atoms with Crippen LogP contribution in [0.15, 0.2) is 24.3 Å². The highest BCUT2D eigenvalue weighted by Crippen LogP contribution is 2.32. The Balaban J connectivity index is 1.59. The van der Waals surface area contributed by atoms with Crippen LogP contribution in [0, 0.1) is 13.8 Å². The van der Waals surface area contributed by atoms with Crippen molar-refractivity contribution < 1.29 is 28.7 Å². The van der Waals surface area contributed by atoms with Crippen molar-refractivity contribution in [1.29, 1.82) is 0 Å². The fourth-order valence-electron chi connectivity index (χ4n) is 3.14. The maximum atomic E-state index is 12.2. The van der Waals surface area contributed by atoms with E-state index >= 15 is 0 Å². The lowest BCUT2D eigenvalue weighted by molar-refractivity contribution is -0.119. The molecule has 2 heterocycles. The molecule has 0 unspecified atom stereocenters. The number of esters is 2. The molecule has 2 amide bonds. The zero-order valence-electron chi connectivity index (χ0n) is 16.9. The second-order valence-electron chi connectivity index (χ2n) is 6.80. The number of thiophene rings is 1. The number of rotatable bonds is 6. The van der Waals surface area contributed by atoms with E-state index in [0.717, 1.165) is 22.5 Å². The van der Waals surface area contributed by atoms with Gasteiger partial charge in [0, 0.05) is 23.5 Å². The molecule has 158 valence electrons. The molecule has 1 fully saturated rings. The number of anilines is 2. The van der Waals surface area contributed by atoms with Gasteiger partial charge in [0.25, 0.3) is 5.91 Å². The molecule has 8 nitrogen and oxygen atoms in total. The fourth-order valence-corrected chi connectivity index (χ4v) is 4.20. The minimum absolute atomic E-state index is 0.0624. The number of nitrogens with zero attached hydrogens (tertiary/aromatic N) is 1. The number of hydrogen-bond donors (Lipinski definition) is 1. The predicted octanol–water partition coefficient (Wildman–Crippen LogP) is 3.07. The number of carbonyl (C=O) groups is 4. The average Bonchev–Trinajstić information content (AvgIpc) is 3.28. The van der Waals surface area contributed by atoms with Crippen LogP contribution in [-0.2, 0) is 19.1 Å². The van der Waals surface area contributed by atoms with Gasteiger partial charge in [-0.1, -0.05) is 0 Å². The SMILES string of the molecule is COC(=O)c1c(NC(=O)COC(=O)c2ccc(N3CCCC3=O)cc2)sc(C)c1C. The third kappa shape index (κ3) is 4.51. The van der Waals surface area contributed by atoms with Gasteiger partial charge in [-0.15, -0.1) is 11.3 Å². The zero-order chi connectivity index (χ0) is 21.8. The fraction of sp³-hybridized carbons (Fsp3) is 0.333. The quantitative estimate of drug-likeness (QED) is 0.707. The number of methoxy groups -OCH3 is 1. The summed E-state index contributed by atoms with van der Waals surface area (Å²) >= 11 is 1.25. The number of nitrogens with one attached hydrogen (secondary N) is 1. The van der Waals surface area contributed by atoms with Crippen LogP contribution in [0.25, 0.3) is 0 Å². The molecule has 1 N–H and O–H groups in total. The second kappa shape index (κ2) is 9.08. The predicted molar refractivity (Wildman–Crippen MR) is 112 cm³/mol. The Labute approximate surface area is 177 Å². The Hall–Kier alpha value is -3.20. The minimum Gasteiger partial charge on any atom is -0.465 e. The topological polar surface area (TPSA) is 102 Å². The third-order valence-electron chi connectivity index (χ3n) is 4.85. The number of carbonyl (C=O) groups excluding carboxylic acids is 4. The van der Waals surface area contributed by atoms with E-state index in [9.17, 15) is 19.2 Å². The van der Waals surface area contributed by atoms with Crippen LogP contribution in [0.1, 0.15) is 44.0 Å². The lowest BCUT2D eigenvalue weighted by Crippen LogP contribution is -2.24. The number of hydrogen-bond acceptors (Lipinski definition) is 7. The number of amides is 2. The second-order valence-corrected chi connectivity index (χ2v) is 8.02. The standard InChI is InChI=1S/C21H22N2O6S/c1-12-13(2)30-19(18(12)21(27)28-3)22-16(24)11-29-20(26)14-6-8-15(9-7-14)23-10-4-5-17(23)25/h6-9H,4-5,10-11H2,1-3H3,(H,22,24). The first-order valence-corrected chi connectivity index (χ1v) is 10.2. The molecule has 1 aliphatic heterocycles. The van der Waals surface area contributed by atoms with Crippen molar-refractivity contribution in [1.82, 2.24) is 0 Å². The largest absolute Gasteiger partial charge is 0.465 e. The van der Waals surface area contributed by atoms with Crippen LogP contribution in [0.4, 0.5) is 10.7 Å². The Morgan fingerprint density at radius 3 is 2.43 bits per heavy atom. The van der Waals surface area contributed by atoms with Gasteiger partial charge in [0.15, 0.2) is 6.61 Å². The van der Waals surface area contributed by atoms with Gasteiger partial charge in [0.05, 0.1) is 18.2 Å². The highest BCUT2D eigenvalue weighted by molar-refractivity contribution is 7.16. The van der Waals surface area contributed by atoms with Crippen LogP contribution >= 0.6 is 11.3 Å². The first kappa shape index (κ1) is 21.5. The van der Waals surface area contributed by atoms with Crippen LogP contribution < -0.4 is 10.2 Å². The molecule has 0 aliphatic carbocycles. The van der Waals surface area contributed by atoms with Crippen molar-refractivity contribution in [3.05, 3.63) is 45.8 Å². The zero-order valence-corrected chi connectivity index (χ0v) is 17.8. The van der Waals surface area contributed by atoms with Gasteiger partial charge in [-0.05, 0) is 50.1 Å². The van der Waals surface area contributed by atoms with E-state index in [1.165, 1.54) is 18.4 Å². The van der Waals surface area contributed by atoms with Gasteiger partial charge in [-0.25, -0.2) is 9.59 Å². The van der Waals surface area contributed by atoms with E-state index < -0.39 is 24.5 Å². The molecular formula is C21H22N2O6S. The first-order valence-electron chi connectivity index (χ1n) is 9.37. The summed E-state index contributed by atoms with van der Waals surface area (Å²) in [5, 5.41) is 2.96.